The van der Waals surface area contributed by atoms with Gasteiger partial charge in [0.05, 0.1) is 22.8 Å². The third-order valence-corrected chi connectivity index (χ3v) is 4.78. The van der Waals surface area contributed by atoms with Crippen molar-refractivity contribution >= 4 is 0 Å². The van der Waals surface area contributed by atoms with Crippen LogP contribution < -0.4 is 0 Å². The van der Waals surface area contributed by atoms with E-state index in [2.05, 4.69) is 62.4 Å². The first kappa shape index (κ1) is 15.1. The summed E-state index contributed by atoms with van der Waals surface area (Å²) in [6.45, 7) is 4.23. The molecule has 3 aromatic rings. The molecule has 0 unspecified atom stereocenters. The Hall–Kier alpha value is -2.48. The topological polar surface area (TPSA) is 25.8 Å². The molecule has 0 fully saturated rings. The van der Waals surface area contributed by atoms with Crippen LogP contribution in [0.25, 0.3) is 22.5 Å². The van der Waals surface area contributed by atoms with Crippen molar-refractivity contribution in [2.75, 3.05) is 0 Å². The minimum atomic E-state index is 1.01. The summed E-state index contributed by atoms with van der Waals surface area (Å²) in [4.78, 5) is 10.1. The second kappa shape index (κ2) is 6.20. The zero-order valence-corrected chi connectivity index (χ0v) is 14.3. The minimum Gasteiger partial charge on any atom is -0.249 e. The summed E-state index contributed by atoms with van der Waals surface area (Å²) in [6, 6.07) is 17.2. The molecule has 0 bridgehead atoms. The fourth-order valence-corrected chi connectivity index (χ4v) is 3.32. The van der Waals surface area contributed by atoms with Gasteiger partial charge in [-0.25, -0.2) is 9.97 Å². The van der Waals surface area contributed by atoms with Crippen LogP contribution >= 0.6 is 0 Å². The normalized spacial score (nSPS) is 13.6. The molecule has 2 nitrogen and oxygen atoms in total. The monoisotopic (exact) mass is 314 g/mol. The van der Waals surface area contributed by atoms with Crippen molar-refractivity contribution in [3.8, 4) is 22.5 Å². The molecule has 120 valence electrons. The molecule has 4 rings (SSSR count). The smallest absolute Gasteiger partial charge is 0.0968 e. The molecule has 2 aromatic carbocycles. The highest BCUT2D eigenvalue weighted by atomic mass is 14.9. The number of fused-ring (bicyclic) bond motifs is 1. The number of aromatic nitrogens is 2. The van der Waals surface area contributed by atoms with Crippen LogP contribution in [0.2, 0.25) is 0 Å². The van der Waals surface area contributed by atoms with E-state index in [9.17, 15) is 0 Å². The maximum absolute atomic E-state index is 5.05. The molecule has 0 amide bonds. The molecule has 0 aliphatic heterocycles. The molecule has 0 atom stereocenters. The van der Waals surface area contributed by atoms with E-state index in [-0.39, 0.29) is 0 Å². The minimum absolute atomic E-state index is 1.01. The molecular weight excluding hydrogens is 292 g/mol. The summed E-state index contributed by atoms with van der Waals surface area (Å²) < 4.78 is 0. The van der Waals surface area contributed by atoms with E-state index in [1.54, 1.807) is 0 Å². The van der Waals surface area contributed by atoms with Crippen molar-refractivity contribution in [1.29, 1.82) is 0 Å². The molecule has 24 heavy (non-hydrogen) atoms. The highest BCUT2D eigenvalue weighted by molar-refractivity contribution is 5.78. The number of nitrogens with zero attached hydrogens (tertiary/aromatic N) is 2. The molecule has 0 spiro atoms. The average Bonchev–Trinajstić information content (AvgIpc) is 2.62. The Morgan fingerprint density at radius 2 is 0.958 bits per heavy atom. The SMILES string of the molecule is Cc1ccc(-c2nc3c(nc2-c2ccc(C)cc2)CCCC3)cc1. The lowest BCUT2D eigenvalue weighted by atomic mass is 9.97. The fourth-order valence-electron chi connectivity index (χ4n) is 3.32. The second-order valence-corrected chi connectivity index (χ2v) is 6.75. The van der Waals surface area contributed by atoms with E-state index in [4.69, 9.17) is 9.97 Å². The van der Waals surface area contributed by atoms with Crippen LogP contribution in [0, 0.1) is 13.8 Å². The van der Waals surface area contributed by atoms with E-state index >= 15 is 0 Å². The van der Waals surface area contributed by atoms with E-state index in [0.29, 0.717) is 0 Å². The predicted molar refractivity (Wildman–Crippen MR) is 99.0 cm³/mol. The van der Waals surface area contributed by atoms with Gasteiger partial charge >= 0.3 is 0 Å². The molecule has 0 radical (unpaired) electrons. The summed E-state index contributed by atoms with van der Waals surface area (Å²) in [5.41, 5.74) is 9.23. The van der Waals surface area contributed by atoms with Crippen LogP contribution in [0.3, 0.4) is 0 Å². The van der Waals surface area contributed by atoms with Gasteiger partial charge in [-0.3, -0.25) is 0 Å². The zero-order chi connectivity index (χ0) is 16.5. The molecule has 2 heteroatoms. The molecule has 0 saturated heterocycles. The van der Waals surface area contributed by atoms with Crippen molar-refractivity contribution in [3.63, 3.8) is 0 Å². The summed E-state index contributed by atoms with van der Waals surface area (Å²) >= 11 is 0. The van der Waals surface area contributed by atoms with Gasteiger partial charge in [0, 0.05) is 11.1 Å². The zero-order valence-electron chi connectivity index (χ0n) is 14.3. The molecular formula is C22H22N2. The van der Waals surface area contributed by atoms with Gasteiger partial charge in [0.15, 0.2) is 0 Å². The van der Waals surface area contributed by atoms with Crippen molar-refractivity contribution < 1.29 is 0 Å². The van der Waals surface area contributed by atoms with Crippen LogP contribution in [0.5, 0.6) is 0 Å². The summed E-state index contributed by atoms with van der Waals surface area (Å²) in [6.07, 6.45) is 4.54. The van der Waals surface area contributed by atoms with Crippen LogP contribution in [0.15, 0.2) is 48.5 Å². The Morgan fingerprint density at radius 1 is 0.583 bits per heavy atom. The molecule has 1 heterocycles. The first-order valence-electron chi connectivity index (χ1n) is 8.74. The highest BCUT2D eigenvalue weighted by Crippen LogP contribution is 2.32. The Bertz CT molecular complexity index is 787. The van der Waals surface area contributed by atoms with Gasteiger partial charge in [0.1, 0.15) is 0 Å². The van der Waals surface area contributed by atoms with Gasteiger partial charge in [-0.05, 0) is 39.5 Å². The number of aryl methyl sites for hydroxylation is 4. The average molecular weight is 314 g/mol. The number of hydrogen-bond acceptors (Lipinski definition) is 2. The molecule has 0 N–H and O–H groups in total. The maximum atomic E-state index is 5.05. The Balaban J connectivity index is 1.92. The third-order valence-electron chi connectivity index (χ3n) is 4.78. The molecule has 1 aliphatic carbocycles. The Morgan fingerprint density at radius 3 is 1.33 bits per heavy atom. The third kappa shape index (κ3) is 2.84. The van der Waals surface area contributed by atoms with E-state index in [1.165, 1.54) is 35.4 Å². The quantitative estimate of drug-likeness (QED) is 0.641. The standard InChI is InChI=1S/C22H22N2/c1-15-7-11-17(12-8-15)21-22(18-13-9-16(2)10-14-18)24-20-6-4-3-5-19(20)23-21/h7-14H,3-6H2,1-2H3. The summed E-state index contributed by atoms with van der Waals surface area (Å²) in [5, 5.41) is 0. The highest BCUT2D eigenvalue weighted by Gasteiger charge is 2.18. The number of hydrogen-bond donors (Lipinski definition) is 0. The number of benzene rings is 2. The largest absolute Gasteiger partial charge is 0.249 e. The summed E-state index contributed by atoms with van der Waals surface area (Å²) in [7, 11) is 0. The fraction of sp³-hybridized carbons (Fsp3) is 0.273. The lowest BCUT2D eigenvalue weighted by Crippen LogP contribution is -2.10. The lowest BCUT2D eigenvalue weighted by molar-refractivity contribution is 0.651. The summed E-state index contributed by atoms with van der Waals surface area (Å²) in [5.74, 6) is 0. The van der Waals surface area contributed by atoms with Gasteiger partial charge < -0.3 is 0 Å². The first-order valence-corrected chi connectivity index (χ1v) is 8.74. The van der Waals surface area contributed by atoms with Gasteiger partial charge in [-0.15, -0.1) is 0 Å². The van der Waals surface area contributed by atoms with Crippen LogP contribution in [-0.4, -0.2) is 9.97 Å². The van der Waals surface area contributed by atoms with Gasteiger partial charge in [-0.1, -0.05) is 59.7 Å². The van der Waals surface area contributed by atoms with E-state index in [0.717, 1.165) is 35.4 Å². The molecule has 1 aliphatic rings. The maximum Gasteiger partial charge on any atom is 0.0968 e. The van der Waals surface area contributed by atoms with Crippen molar-refractivity contribution in [3.05, 3.63) is 71.0 Å². The Labute approximate surface area is 143 Å². The van der Waals surface area contributed by atoms with Gasteiger partial charge in [0.25, 0.3) is 0 Å². The van der Waals surface area contributed by atoms with Crippen LogP contribution in [0.4, 0.5) is 0 Å². The van der Waals surface area contributed by atoms with Gasteiger partial charge in [0.2, 0.25) is 0 Å². The lowest BCUT2D eigenvalue weighted by Gasteiger charge is -2.18. The second-order valence-electron chi connectivity index (χ2n) is 6.75. The van der Waals surface area contributed by atoms with Crippen molar-refractivity contribution in [2.24, 2.45) is 0 Å². The van der Waals surface area contributed by atoms with E-state index < -0.39 is 0 Å². The van der Waals surface area contributed by atoms with Crippen molar-refractivity contribution in [1.82, 2.24) is 9.97 Å². The molecule has 0 saturated carbocycles. The van der Waals surface area contributed by atoms with Crippen LogP contribution in [0.1, 0.15) is 35.4 Å². The first-order chi connectivity index (χ1) is 11.7. The van der Waals surface area contributed by atoms with E-state index in [1.807, 2.05) is 0 Å². The van der Waals surface area contributed by atoms with Gasteiger partial charge in [-0.2, -0.15) is 0 Å². The number of rotatable bonds is 2. The molecule has 1 aromatic heterocycles. The predicted octanol–water partition coefficient (Wildman–Crippen LogP) is 5.31. The van der Waals surface area contributed by atoms with Crippen molar-refractivity contribution in [2.45, 2.75) is 39.5 Å². The Kier molecular flexibility index (Phi) is 3.89. The van der Waals surface area contributed by atoms with Crippen LogP contribution in [-0.2, 0) is 12.8 Å².